The van der Waals surface area contributed by atoms with E-state index in [0.717, 1.165) is 49.2 Å². The van der Waals surface area contributed by atoms with E-state index in [4.69, 9.17) is 9.47 Å². The second-order valence-electron chi connectivity index (χ2n) is 6.74. The zero-order valence-electron chi connectivity index (χ0n) is 15.2. The molecule has 136 valence electrons. The number of benzene rings is 1. The van der Waals surface area contributed by atoms with Crippen LogP contribution in [0.1, 0.15) is 31.2 Å². The summed E-state index contributed by atoms with van der Waals surface area (Å²) in [5, 5.41) is 0. The molecule has 1 unspecified atom stereocenters. The van der Waals surface area contributed by atoms with Gasteiger partial charge in [0.25, 0.3) is 0 Å². The van der Waals surface area contributed by atoms with E-state index in [1.165, 1.54) is 0 Å². The van der Waals surface area contributed by atoms with Gasteiger partial charge in [0.2, 0.25) is 11.8 Å². The summed E-state index contributed by atoms with van der Waals surface area (Å²) in [5.74, 6) is 0.572. The maximum absolute atomic E-state index is 13.2. The number of fused-ring (bicyclic) bond motifs is 1. The van der Waals surface area contributed by atoms with Crippen LogP contribution in [0, 0.1) is 5.92 Å². The van der Waals surface area contributed by atoms with Crippen molar-refractivity contribution in [2.75, 3.05) is 39.3 Å². The number of anilines is 1. The predicted octanol–water partition coefficient (Wildman–Crippen LogP) is 2.24. The standard InChI is InChI=1S/C19H26N2O4/c1-20-9-5-4-8-15(18(20)22)19(23)21-10-6-7-13-11-14(24-2)12-16(25-3)17(13)21/h11-12,15H,4-10H2,1-3H3. The van der Waals surface area contributed by atoms with Crippen molar-refractivity contribution in [1.29, 1.82) is 0 Å². The summed E-state index contributed by atoms with van der Waals surface area (Å²) in [7, 11) is 4.99. The maximum atomic E-state index is 13.2. The normalized spacial score (nSPS) is 20.8. The Balaban J connectivity index is 1.97. The molecule has 1 saturated heterocycles. The van der Waals surface area contributed by atoms with E-state index in [1.54, 1.807) is 37.1 Å². The number of nitrogens with zero attached hydrogens (tertiary/aromatic N) is 2. The van der Waals surface area contributed by atoms with Crippen molar-refractivity contribution in [2.24, 2.45) is 5.92 Å². The summed E-state index contributed by atoms with van der Waals surface area (Å²) in [6.45, 7) is 1.34. The molecule has 6 heteroatoms. The SMILES string of the molecule is COc1cc2c(c(OC)c1)N(C(=O)C1CCCCN(C)C1=O)CCC2. The lowest BCUT2D eigenvalue weighted by molar-refractivity contribution is -0.139. The van der Waals surface area contributed by atoms with Crippen molar-refractivity contribution >= 4 is 17.5 Å². The van der Waals surface area contributed by atoms with Gasteiger partial charge >= 0.3 is 0 Å². The van der Waals surface area contributed by atoms with Crippen molar-refractivity contribution in [2.45, 2.75) is 32.1 Å². The Hall–Kier alpha value is -2.24. The molecule has 2 amide bonds. The van der Waals surface area contributed by atoms with Gasteiger partial charge in [0.05, 0.1) is 19.9 Å². The van der Waals surface area contributed by atoms with Crippen LogP contribution in [0.25, 0.3) is 0 Å². The molecule has 0 saturated carbocycles. The van der Waals surface area contributed by atoms with Crippen LogP contribution in [0.4, 0.5) is 5.69 Å². The average molecular weight is 346 g/mol. The Kier molecular flexibility index (Phi) is 5.16. The molecule has 25 heavy (non-hydrogen) atoms. The number of methoxy groups -OCH3 is 2. The molecule has 1 aromatic carbocycles. The van der Waals surface area contributed by atoms with Gasteiger partial charge < -0.3 is 19.3 Å². The fourth-order valence-corrected chi connectivity index (χ4v) is 3.78. The molecule has 0 aromatic heterocycles. The monoisotopic (exact) mass is 346 g/mol. The molecule has 2 heterocycles. The Morgan fingerprint density at radius 2 is 1.92 bits per heavy atom. The maximum Gasteiger partial charge on any atom is 0.239 e. The molecule has 1 fully saturated rings. The van der Waals surface area contributed by atoms with E-state index in [2.05, 4.69) is 0 Å². The number of hydrogen-bond donors (Lipinski definition) is 0. The molecule has 2 aliphatic rings. The summed E-state index contributed by atoms with van der Waals surface area (Å²) in [6, 6.07) is 3.75. The number of rotatable bonds is 3. The topological polar surface area (TPSA) is 59.1 Å². The highest BCUT2D eigenvalue weighted by Crippen LogP contribution is 2.40. The van der Waals surface area contributed by atoms with Gasteiger partial charge in [0.15, 0.2) is 0 Å². The quantitative estimate of drug-likeness (QED) is 0.788. The van der Waals surface area contributed by atoms with Crippen molar-refractivity contribution in [3.8, 4) is 11.5 Å². The zero-order chi connectivity index (χ0) is 18.0. The van der Waals surface area contributed by atoms with E-state index in [-0.39, 0.29) is 11.8 Å². The molecule has 0 aliphatic carbocycles. The lowest BCUT2D eigenvalue weighted by Crippen LogP contribution is -2.45. The van der Waals surface area contributed by atoms with E-state index in [9.17, 15) is 9.59 Å². The van der Waals surface area contributed by atoms with Crippen molar-refractivity contribution in [1.82, 2.24) is 4.90 Å². The van der Waals surface area contributed by atoms with E-state index >= 15 is 0 Å². The Bertz CT molecular complexity index is 656. The summed E-state index contributed by atoms with van der Waals surface area (Å²) < 4.78 is 10.9. The Labute approximate surface area is 148 Å². The first kappa shape index (κ1) is 17.6. The smallest absolute Gasteiger partial charge is 0.239 e. The lowest BCUT2D eigenvalue weighted by Gasteiger charge is -2.33. The fraction of sp³-hybridized carbons (Fsp3) is 0.579. The van der Waals surface area contributed by atoms with Crippen molar-refractivity contribution in [3.05, 3.63) is 17.7 Å². The summed E-state index contributed by atoms with van der Waals surface area (Å²) in [6.07, 6.45) is 4.19. The predicted molar refractivity (Wildman–Crippen MR) is 95.2 cm³/mol. The molecule has 6 nitrogen and oxygen atoms in total. The molecule has 1 atom stereocenters. The lowest BCUT2D eigenvalue weighted by atomic mass is 9.96. The van der Waals surface area contributed by atoms with Gasteiger partial charge in [-0.05, 0) is 37.3 Å². The molecule has 3 rings (SSSR count). The molecule has 0 radical (unpaired) electrons. The van der Waals surface area contributed by atoms with Crippen LogP contribution >= 0.6 is 0 Å². The second-order valence-corrected chi connectivity index (χ2v) is 6.74. The molecular formula is C19H26N2O4. The van der Waals surface area contributed by atoms with Crippen LogP contribution in [0.2, 0.25) is 0 Å². The van der Waals surface area contributed by atoms with Crippen LogP contribution in [0.5, 0.6) is 11.5 Å². The molecular weight excluding hydrogens is 320 g/mol. The fourth-order valence-electron chi connectivity index (χ4n) is 3.78. The van der Waals surface area contributed by atoms with Crippen LogP contribution in [-0.4, -0.2) is 51.1 Å². The van der Waals surface area contributed by atoms with Crippen molar-refractivity contribution < 1.29 is 19.1 Å². The number of amides is 2. The Morgan fingerprint density at radius 3 is 2.64 bits per heavy atom. The van der Waals surface area contributed by atoms with E-state index < -0.39 is 5.92 Å². The average Bonchev–Trinajstić information content (AvgIpc) is 2.81. The summed E-state index contributed by atoms with van der Waals surface area (Å²) in [5.41, 5.74) is 1.82. The first-order valence-corrected chi connectivity index (χ1v) is 8.88. The van der Waals surface area contributed by atoms with Gasteiger partial charge in [-0.25, -0.2) is 0 Å². The van der Waals surface area contributed by atoms with Gasteiger partial charge in [0.1, 0.15) is 17.4 Å². The van der Waals surface area contributed by atoms with Crippen LogP contribution < -0.4 is 14.4 Å². The third kappa shape index (κ3) is 3.30. The second kappa shape index (κ2) is 7.33. The number of hydrogen-bond acceptors (Lipinski definition) is 4. The minimum absolute atomic E-state index is 0.0675. The number of ether oxygens (including phenoxy) is 2. The molecule has 0 bridgehead atoms. The van der Waals surface area contributed by atoms with Crippen molar-refractivity contribution in [3.63, 3.8) is 0 Å². The third-order valence-corrected chi connectivity index (χ3v) is 5.16. The number of carbonyl (C=O) groups is 2. The largest absolute Gasteiger partial charge is 0.497 e. The third-order valence-electron chi connectivity index (χ3n) is 5.16. The highest BCUT2D eigenvalue weighted by atomic mass is 16.5. The zero-order valence-corrected chi connectivity index (χ0v) is 15.2. The molecule has 0 N–H and O–H groups in total. The van der Waals surface area contributed by atoms with Gasteiger partial charge in [-0.3, -0.25) is 9.59 Å². The first-order valence-electron chi connectivity index (χ1n) is 8.88. The minimum atomic E-state index is -0.592. The number of aryl methyl sites for hydroxylation is 1. The molecule has 2 aliphatic heterocycles. The van der Waals surface area contributed by atoms with Gasteiger partial charge in [-0.15, -0.1) is 0 Å². The highest BCUT2D eigenvalue weighted by Gasteiger charge is 2.37. The highest BCUT2D eigenvalue weighted by molar-refractivity contribution is 6.09. The van der Waals surface area contributed by atoms with E-state index in [1.807, 2.05) is 6.07 Å². The number of carbonyl (C=O) groups excluding carboxylic acids is 2. The van der Waals surface area contributed by atoms with Gasteiger partial charge in [0, 0.05) is 26.2 Å². The summed E-state index contributed by atoms with van der Waals surface area (Å²) >= 11 is 0. The summed E-state index contributed by atoms with van der Waals surface area (Å²) in [4.78, 5) is 29.3. The van der Waals surface area contributed by atoms with Crippen LogP contribution in [0.3, 0.4) is 0 Å². The van der Waals surface area contributed by atoms with Gasteiger partial charge in [-0.1, -0.05) is 6.42 Å². The molecule has 1 aromatic rings. The Morgan fingerprint density at radius 1 is 1.12 bits per heavy atom. The number of likely N-dealkylation sites (tertiary alicyclic amines) is 1. The molecule has 0 spiro atoms. The van der Waals surface area contributed by atoms with E-state index in [0.29, 0.717) is 18.7 Å². The van der Waals surface area contributed by atoms with Crippen LogP contribution in [0.15, 0.2) is 12.1 Å². The van der Waals surface area contributed by atoms with Crippen LogP contribution in [-0.2, 0) is 16.0 Å². The minimum Gasteiger partial charge on any atom is -0.497 e. The first-order chi connectivity index (χ1) is 12.1. The van der Waals surface area contributed by atoms with Gasteiger partial charge in [-0.2, -0.15) is 0 Å².